The average molecular weight is 464 g/mol. The number of hydrogen-bond acceptors (Lipinski definition) is 5. The maximum absolute atomic E-state index is 13.4. The number of amides is 1. The van der Waals surface area contributed by atoms with Crippen molar-refractivity contribution in [2.24, 2.45) is 23.7 Å². The van der Waals surface area contributed by atoms with Crippen LogP contribution in [0.2, 0.25) is 0 Å². The van der Waals surface area contributed by atoms with Crippen molar-refractivity contribution in [1.82, 2.24) is 0 Å². The number of carboxylic acid groups (broad SMARTS) is 1. The third-order valence-corrected chi connectivity index (χ3v) is 8.20. The van der Waals surface area contributed by atoms with Gasteiger partial charge >= 0.3 is 11.9 Å². The summed E-state index contributed by atoms with van der Waals surface area (Å²) in [6.07, 6.45) is 3.48. The number of benzene rings is 2. The van der Waals surface area contributed by atoms with E-state index in [0.29, 0.717) is 16.1 Å². The molecular weight excluding hydrogens is 438 g/mol. The van der Waals surface area contributed by atoms with Gasteiger partial charge in [0.1, 0.15) is 10.6 Å². The van der Waals surface area contributed by atoms with Gasteiger partial charge in [-0.1, -0.05) is 42.5 Å². The van der Waals surface area contributed by atoms with E-state index in [1.54, 1.807) is 0 Å². The van der Waals surface area contributed by atoms with E-state index in [-0.39, 0.29) is 17.7 Å². The molecule has 3 aromatic rings. The van der Waals surface area contributed by atoms with Crippen LogP contribution in [0.1, 0.15) is 36.0 Å². The van der Waals surface area contributed by atoms with Gasteiger partial charge in [0.05, 0.1) is 18.9 Å². The molecule has 2 unspecified atom stereocenters. The van der Waals surface area contributed by atoms with Crippen LogP contribution < -0.4 is 5.32 Å². The number of rotatable bonds is 5. The Hall–Kier alpha value is -3.19. The lowest BCUT2D eigenvalue weighted by Crippen LogP contribution is -2.49. The van der Waals surface area contributed by atoms with E-state index < -0.39 is 23.8 Å². The Morgan fingerprint density at radius 1 is 0.939 bits per heavy atom. The number of esters is 1. The van der Waals surface area contributed by atoms with Crippen LogP contribution in [0.15, 0.2) is 47.8 Å². The minimum absolute atomic E-state index is 0.0397. The topological polar surface area (TPSA) is 92.7 Å². The number of fused-ring (bicyclic) bond motifs is 4. The van der Waals surface area contributed by atoms with Crippen molar-refractivity contribution in [2.75, 3.05) is 12.4 Å². The third kappa shape index (κ3) is 3.70. The number of carbonyl (C=O) groups excluding carboxylic acids is 2. The first-order chi connectivity index (χ1) is 16.0. The maximum Gasteiger partial charge on any atom is 0.341 e. The van der Waals surface area contributed by atoms with Gasteiger partial charge in [-0.15, -0.1) is 11.3 Å². The quantitative estimate of drug-likeness (QED) is 0.492. The van der Waals surface area contributed by atoms with Gasteiger partial charge in [0.15, 0.2) is 0 Å². The lowest BCUT2D eigenvalue weighted by atomic mass is 9.58. The molecule has 3 aliphatic carbocycles. The summed E-state index contributed by atoms with van der Waals surface area (Å²) >= 11 is 1.27. The summed E-state index contributed by atoms with van der Waals surface area (Å²) in [5.41, 5.74) is 1.88. The number of hydrogen-bond donors (Lipinski definition) is 2. The number of carboxylic acids is 1. The second kappa shape index (κ2) is 8.63. The summed E-state index contributed by atoms with van der Waals surface area (Å²) in [5.74, 6) is -2.89. The van der Waals surface area contributed by atoms with E-state index in [1.165, 1.54) is 18.4 Å². The first kappa shape index (κ1) is 21.6. The molecule has 1 aromatic heterocycles. The molecule has 0 spiro atoms. The minimum atomic E-state index is -0.902. The highest BCUT2D eigenvalue weighted by atomic mass is 32.1. The summed E-state index contributed by atoms with van der Waals surface area (Å²) in [6.45, 7) is 0. The Bertz CT molecular complexity index is 1240. The Balaban J connectivity index is 1.53. The highest BCUT2D eigenvalue weighted by Crippen LogP contribution is 2.50. The van der Waals surface area contributed by atoms with Gasteiger partial charge < -0.3 is 15.2 Å². The number of carbonyl (C=O) groups is 3. The monoisotopic (exact) mass is 463 g/mol. The molecular formula is C26H25NO5S. The normalized spacial score (nSPS) is 23.9. The summed E-state index contributed by atoms with van der Waals surface area (Å²) < 4.78 is 5.07. The fourth-order valence-electron chi connectivity index (χ4n) is 5.79. The first-order valence-electron chi connectivity index (χ1n) is 11.2. The molecule has 7 heteroatoms. The largest absolute Gasteiger partial charge is 0.481 e. The predicted molar refractivity (Wildman–Crippen MR) is 127 cm³/mol. The lowest BCUT2D eigenvalue weighted by molar-refractivity contribution is -0.156. The summed E-state index contributed by atoms with van der Waals surface area (Å²) in [6, 6.07) is 13.8. The molecule has 3 saturated carbocycles. The molecule has 33 heavy (non-hydrogen) atoms. The van der Waals surface area contributed by atoms with E-state index in [0.717, 1.165) is 42.0 Å². The second-order valence-electron chi connectivity index (χ2n) is 8.93. The number of thiophene rings is 1. The maximum atomic E-state index is 13.4. The highest BCUT2D eigenvalue weighted by molar-refractivity contribution is 7.15. The fraction of sp³-hybridized carbons (Fsp3) is 0.346. The zero-order valence-corrected chi connectivity index (χ0v) is 19.1. The Morgan fingerprint density at radius 2 is 1.61 bits per heavy atom. The Labute approximate surface area is 195 Å². The number of aliphatic carboxylic acids is 1. The number of ether oxygens (including phenoxy) is 1. The molecule has 6 rings (SSSR count). The predicted octanol–water partition coefficient (Wildman–Crippen LogP) is 5.43. The number of anilines is 1. The van der Waals surface area contributed by atoms with Gasteiger partial charge in [0.2, 0.25) is 5.91 Å². The fourth-order valence-corrected chi connectivity index (χ4v) is 6.74. The van der Waals surface area contributed by atoms with Crippen molar-refractivity contribution in [3.63, 3.8) is 0 Å². The average Bonchev–Trinajstić information content (AvgIpc) is 3.26. The Kier molecular flexibility index (Phi) is 5.66. The van der Waals surface area contributed by atoms with Crippen LogP contribution in [-0.4, -0.2) is 30.1 Å². The molecule has 1 amide bonds. The van der Waals surface area contributed by atoms with E-state index in [1.807, 2.05) is 47.8 Å². The van der Waals surface area contributed by atoms with Crippen molar-refractivity contribution in [1.29, 1.82) is 0 Å². The van der Waals surface area contributed by atoms with Crippen molar-refractivity contribution in [3.05, 3.63) is 53.4 Å². The van der Waals surface area contributed by atoms with Crippen LogP contribution in [0, 0.1) is 23.7 Å². The van der Waals surface area contributed by atoms with Gasteiger partial charge in [0, 0.05) is 10.9 Å². The molecule has 3 fully saturated rings. The number of nitrogens with one attached hydrogen (secondary N) is 1. The van der Waals surface area contributed by atoms with Crippen molar-refractivity contribution < 1.29 is 24.2 Å². The van der Waals surface area contributed by atoms with Gasteiger partial charge in [0.25, 0.3) is 0 Å². The molecule has 0 saturated heterocycles. The van der Waals surface area contributed by atoms with Gasteiger partial charge in [-0.25, -0.2) is 4.79 Å². The second-order valence-corrected chi connectivity index (χ2v) is 9.81. The van der Waals surface area contributed by atoms with Crippen LogP contribution >= 0.6 is 11.3 Å². The summed E-state index contributed by atoms with van der Waals surface area (Å²) in [5, 5.41) is 17.0. The molecule has 2 N–H and O–H groups in total. The lowest BCUT2D eigenvalue weighted by Gasteiger charge is -2.45. The van der Waals surface area contributed by atoms with Crippen LogP contribution in [0.4, 0.5) is 5.00 Å². The zero-order chi connectivity index (χ0) is 23.1. The van der Waals surface area contributed by atoms with E-state index in [4.69, 9.17) is 4.74 Å². The highest BCUT2D eigenvalue weighted by Gasteiger charge is 2.50. The SMILES string of the molecule is COC(=O)c1c(-c2cccc3ccccc23)csc1NC(=O)C1C2CCC(CC2)C1C(=O)O. The van der Waals surface area contributed by atoms with Gasteiger partial charge in [-0.2, -0.15) is 0 Å². The third-order valence-electron chi connectivity index (χ3n) is 7.30. The first-order valence-corrected chi connectivity index (χ1v) is 12.1. The Morgan fingerprint density at radius 3 is 2.30 bits per heavy atom. The number of methoxy groups -OCH3 is 1. The van der Waals surface area contributed by atoms with Gasteiger partial charge in [-0.3, -0.25) is 9.59 Å². The van der Waals surface area contributed by atoms with Crippen LogP contribution in [0.5, 0.6) is 0 Å². The van der Waals surface area contributed by atoms with Gasteiger partial charge in [-0.05, 0) is 53.9 Å². The molecule has 2 aromatic carbocycles. The van der Waals surface area contributed by atoms with E-state index in [2.05, 4.69) is 5.32 Å². The smallest absolute Gasteiger partial charge is 0.341 e. The van der Waals surface area contributed by atoms with E-state index >= 15 is 0 Å². The van der Waals surface area contributed by atoms with Crippen molar-refractivity contribution in [3.8, 4) is 11.1 Å². The molecule has 1 heterocycles. The van der Waals surface area contributed by atoms with E-state index in [9.17, 15) is 19.5 Å². The molecule has 3 aliphatic rings. The minimum Gasteiger partial charge on any atom is -0.481 e. The molecule has 2 bridgehead atoms. The van der Waals surface area contributed by atoms with Crippen molar-refractivity contribution >= 4 is 45.0 Å². The molecule has 170 valence electrons. The van der Waals surface area contributed by atoms with Crippen LogP contribution in [-0.2, 0) is 14.3 Å². The van der Waals surface area contributed by atoms with Crippen LogP contribution in [0.25, 0.3) is 21.9 Å². The molecule has 0 aliphatic heterocycles. The summed E-state index contributed by atoms with van der Waals surface area (Å²) in [7, 11) is 1.32. The molecule has 6 nitrogen and oxygen atoms in total. The standard InChI is InChI=1S/C26H25NO5S/c1-32-26(31)22-19(18-8-4-6-14-5-2-3-7-17(14)18)13-33-24(22)27-23(28)20-15-9-11-16(12-10-15)21(20)25(29)30/h2-8,13,15-16,20-21H,9-12H2,1H3,(H,27,28)(H,29,30). The molecule has 0 radical (unpaired) electrons. The van der Waals surface area contributed by atoms with Crippen molar-refractivity contribution in [2.45, 2.75) is 25.7 Å². The zero-order valence-electron chi connectivity index (χ0n) is 18.2. The molecule has 2 atom stereocenters. The van der Waals surface area contributed by atoms with Crippen LogP contribution in [0.3, 0.4) is 0 Å². The summed E-state index contributed by atoms with van der Waals surface area (Å²) in [4.78, 5) is 38.2.